The number of rotatable bonds is 3. The molecular formula is C11H11N3O3. The first-order valence-electron chi connectivity index (χ1n) is 5.06. The number of carbonyl (C=O) groups is 1. The average Bonchev–Trinajstić information content (AvgIpc) is 2.33. The van der Waals surface area contributed by atoms with Gasteiger partial charge in [0.2, 0.25) is 0 Å². The fraction of sp³-hybridized carbons (Fsp3) is 0.182. The maximum Gasteiger partial charge on any atom is 0.325 e. The third-order valence-electron chi connectivity index (χ3n) is 2.42. The molecule has 0 unspecified atom stereocenters. The maximum atomic E-state index is 11.5. The van der Waals surface area contributed by atoms with Crippen LogP contribution >= 0.6 is 0 Å². The highest BCUT2D eigenvalue weighted by Gasteiger charge is 2.13. The molecule has 0 saturated carbocycles. The quantitative estimate of drug-likeness (QED) is 0.729. The van der Waals surface area contributed by atoms with E-state index in [0.29, 0.717) is 16.6 Å². The summed E-state index contributed by atoms with van der Waals surface area (Å²) in [5.41, 5.74) is -0.297. The number of carboxylic acid groups (broad SMARTS) is 1. The predicted molar refractivity (Wildman–Crippen MR) is 63.1 cm³/mol. The molecule has 1 atom stereocenters. The van der Waals surface area contributed by atoms with Crippen molar-refractivity contribution >= 4 is 22.6 Å². The van der Waals surface area contributed by atoms with Gasteiger partial charge in [0.25, 0.3) is 5.56 Å². The molecule has 1 aromatic heterocycles. The van der Waals surface area contributed by atoms with Gasteiger partial charge in [0.05, 0.1) is 5.39 Å². The highest BCUT2D eigenvalue weighted by atomic mass is 16.4. The Hall–Kier alpha value is -2.37. The van der Waals surface area contributed by atoms with Crippen LogP contribution in [0.5, 0.6) is 0 Å². The summed E-state index contributed by atoms with van der Waals surface area (Å²) in [6.45, 7) is 1.50. The lowest BCUT2D eigenvalue weighted by Crippen LogP contribution is -2.27. The fourth-order valence-electron chi connectivity index (χ4n) is 1.49. The van der Waals surface area contributed by atoms with Gasteiger partial charge in [-0.25, -0.2) is 5.10 Å². The van der Waals surface area contributed by atoms with Crippen molar-refractivity contribution in [3.8, 4) is 0 Å². The first kappa shape index (κ1) is 11.1. The molecule has 1 aromatic carbocycles. The molecule has 2 rings (SSSR count). The molecule has 0 aliphatic heterocycles. The van der Waals surface area contributed by atoms with E-state index in [1.807, 2.05) is 0 Å². The number of nitrogens with one attached hydrogen (secondary N) is 2. The van der Waals surface area contributed by atoms with Crippen molar-refractivity contribution in [1.82, 2.24) is 10.2 Å². The second-order valence-electron chi connectivity index (χ2n) is 3.65. The standard InChI is InChI=1S/C11H11N3O3/c1-6(11(16)17)12-9-7-4-2-3-5-8(7)10(15)14-13-9/h2-6H,1H3,(H,12,13)(H,14,15)(H,16,17)/t6-/m0/s1. The topological polar surface area (TPSA) is 95.1 Å². The number of fused-ring (bicyclic) bond motifs is 1. The molecule has 0 saturated heterocycles. The van der Waals surface area contributed by atoms with Crippen LogP contribution in [-0.2, 0) is 4.79 Å². The van der Waals surface area contributed by atoms with E-state index in [1.165, 1.54) is 6.92 Å². The second-order valence-corrected chi connectivity index (χ2v) is 3.65. The Bertz CT molecular complexity index is 621. The smallest absolute Gasteiger partial charge is 0.325 e. The summed E-state index contributed by atoms with van der Waals surface area (Å²) in [6.07, 6.45) is 0. The van der Waals surface area contributed by atoms with E-state index in [4.69, 9.17) is 5.11 Å². The van der Waals surface area contributed by atoms with Gasteiger partial charge in [-0.2, -0.15) is 5.10 Å². The minimum Gasteiger partial charge on any atom is -0.480 e. The summed E-state index contributed by atoms with van der Waals surface area (Å²) in [4.78, 5) is 22.2. The number of H-pyrrole nitrogens is 1. The summed E-state index contributed by atoms with van der Waals surface area (Å²) in [5, 5.41) is 18.8. The van der Waals surface area contributed by atoms with Crippen LogP contribution in [0.25, 0.3) is 10.8 Å². The molecule has 0 aliphatic carbocycles. The highest BCUT2D eigenvalue weighted by Crippen LogP contribution is 2.17. The third-order valence-corrected chi connectivity index (χ3v) is 2.42. The first-order valence-corrected chi connectivity index (χ1v) is 5.06. The second kappa shape index (κ2) is 4.25. The molecule has 0 radical (unpaired) electrons. The molecule has 0 fully saturated rings. The summed E-state index contributed by atoms with van der Waals surface area (Å²) in [5.74, 6) is -0.628. The minimum atomic E-state index is -0.984. The maximum absolute atomic E-state index is 11.5. The predicted octanol–water partition coefficient (Wildman–Crippen LogP) is 0.808. The molecule has 0 bridgehead atoms. The van der Waals surface area contributed by atoms with Crippen molar-refractivity contribution < 1.29 is 9.90 Å². The molecular weight excluding hydrogens is 222 g/mol. The number of carboxylic acids is 1. The van der Waals surface area contributed by atoms with Crippen molar-refractivity contribution in [3.05, 3.63) is 34.6 Å². The molecule has 0 spiro atoms. The van der Waals surface area contributed by atoms with Crippen molar-refractivity contribution in [2.45, 2.75) is 13.0 Å². The van der Waals surface area contributed by atoms with Gasteiger partial charge in [0.1, 0.15) is 6.04 Å². The van der Waals surface area contributed by atoms with Gasteiger partial charge in [0.15, 0.2) is 5.82 Å². The third kappa shape index (κ3) is 2.10. The van der Waals surface area contributed by atoms with E-state index in [0.717, 1.165) is 0 Å². The van der Waals surface area contributed by atoms with Crippen molar-refractivity contribution in [2.75, 3.05) is 5.32 Å². The monoisotopic (exact) mass is 233 g/mol. The number of hydrogen-bond acceptors (Lipinski definition) is 4. The number of hydrogen-bond donors (Lipinski definition) is 3. The van der Waals surface area contributed by atoms with Crippen LogP contribution in [0.4, 0.5) is 5.82 Å². The van der Waals surface area contributed by atoms with Crippen LogP contribution in [-0.4, -0.2) is 27.3 Å². The Morgan fingerprint density at radius 1 is 1.41 bits per heavy atom. The number of aliphatic carboxylic acids is 1. The average molecular weight is 233 g/mol. The number of aromatic amines is 1. The Morgan fingerprint density at radius 3 is 2.71 bits per heavy atom. The lowest BCUT2D eigenvalue weighted by Gasteiger charge is -2.11. The number of aromatic nitrogens is 2. The molecule has 6 heteroatoms. The van der Waals surface area contributed by atoms with Gasteiger partial charge in [-0.15, -0.1) is 0 Å². The van der Waals surface area contributed by atoms with E-state index >= 15 is 0 Å². The zero-order chi connectivity index (χ0) is 12.4. The van der Waals surface area contributed by atoms with Crippen LogP contribution in [0.15, 0.2) is 29.1 Å². The molecule has 0 amide bonds. The van der Waals surface area contributed by atoms with Crippen LogP contribution in [0.3, 0.4) is 0 Å². The lowest BCUT2D eigenvalue weighted by atomic mass is 10.2. The normalized spacial score (nSPS) is 12.3. The van der Waals surface area contributed by atoms with Gasteiger partial charge in [0, 0.05) is 5.39 Å². The summed E-state index contributed by atoms with van der Waals surface area (Å²) in [7, 11) is 0. The van der Waals surface area contributed by atoms with E-state index < -0.39 is 12.0 Å². The largest absolute Gasteiger partial charge is 0.480 e. The highest BCUT2D eigenvalue weighted by molar-refractivity contribution is 5.92. The van der Waals surface area contributed by atoms with Gasteiger partial charge in [-0.05, 0) is 13.0 Å². The summed E-state index contributed by atoms with van der Waals surface area (Å²) >= 11 is 0. The SMILES string of the molecule is C[C@H](Nc1n[nH]c(=O)c2ccccc12)C(=O)O. The zero-order valence-corrected chi connectivity index (χ0v) is 9.10. The molecule has 1 heterocycles. The number of nitrogens with zero attached hydrogens (tertiary/aromatic N) is 1. The molecule has 6 nitrogen and oxygen atoms in total. The Kier molecular flexibility index (Phi) is 2.78. The van der Waals surface area contributed by atoms with Crippen LogP contribution in [0.2, 0.25) is 0 Å². The van der Waals surface area contributed by atoms with E-state index in [2.05, 4.69) is 15.5 Å². The van der Waals surface area contributed by atoms with Gasteiger partial charge >= 0.3 is 5.97 Å². The fourth-order valence-corrected chi connectivity index (χ4v) is 1.49. The van der Waals surface area contributed by atoms with Crippen molar-refractivity contribution in [2.24, 2.45) is 0 Å². The van der Waals surface area contributed by atoms with E-state index in [9.17, 15) is 9.59 Å². The number of benzene rings is 1. The molecule has 2 aromatic rings. The molecule has 0 aliphatic rings. The molecule has 17 heavy (non-hydrogen) atoms. The lowest BCUT2D eigenvalue weighted by molar-refractivity contribution is -0.137. The van der Waals surface area contributed by atoms with Gasteiger partial charge in [-0.3, -0.25) is 9.59 Å². The Morgan fingerprint density at radius 2 is 2.06 bits per heavy atom. The van der Waals surface area contributed by atoms with Crippen molar-refractivity contribution in [3.63, 3.8) is 0 Å². The first-order chi connectivity index (χ1) is 8.09. The van der Waals surface area contributed by atoms with Crippen molar-refractivity contribution in [1.29, 1.82) is 0 Å². The molecule has 3 N–H and O–H groups in total. The minimum absolute atomic E-state index is 0.297. The van der Waals surface area contributed by atoms with Crippen LogP contribution in [0.1, 0.15) is 6.92 Å². The Labute approximate surface area is 96.3 Å². The van der Waals surface area contributed by atoms with Gasteiger partial charge in [-0.1, -0.05) is 18.2 Å². The summed E-state index contributed by atoms with van der Waals surface area (Å²) in [6, 6.07) is 6.10. The number of anilines is 1. The zero-order valence-electron chi connectivity index (χ0n) is 9.10. The van der Waals surface area contributed by atoms with E-state index in [-0.39, 0.29) is 5.56 Å². The summed E-state index contributed by atoms with van der Waals surface area (Å²) < 4.78 is 0. The van der Waals surface area contributed by atoms with Crippen LogP contribution in [0, 0.1) is 0 Å². The van der Waals surface area contributed by atoms with Gasteiger partial charge < -0.3 is 10.4 Å². The van der Waals surface area contributed by atoms with Crippen LogP contribution < -0.4 is 10.9 Å². The Balaban J connectivity index is 2.52. The van der Waals surface area contributed by atoms with E-state index in [1.54, 1.807) is 24.3 Å². The molecule has 88 valence electrons.